The minimum absolute atomic E-state index is 0.142. The zero-order valence-corrected chi connectivity index (χ0v) is 11.2. The van der Waals surface area contributed by atoms with E-state index >= 15 is 0 Å². The number of nitrogens with zero attached hydrogens (tertiary/aromatic N) is 2. The molecule has 1 N–H and O–H groups in total. The van der Waals surface area contributed by atoms with Crippen LogP contribution in [0.15, 0.2) is 0 Å². The van der Waals surface area contributed by atoms with Gasteiger partial charge in [-0.2, -0.15) is 0 Å². The average molecular weight is 228 g/mol. The first-order valence-corrected chi connectivity index (χ1v) is 6.63. The van der Waals surface area contributed by atoms with Crippen molar-refractivity contribution in [2.75, 3.05) is 40.3 Å². The summed E-state index contributed by atoms with van der Waals surface area (Å²) in [7, 11) is 4.42. The van der Waals surface area contributed by atoms with Crippen molar-refractivity contribution in [1.29, 1.82) is 0 Å². The molecular formula is C13H28N2O. The summed E-state index contributed by atoms with van der Waals surface area (Å²) in [5.74, 6) is 0.882. The monoisotopic (exact) mass is 228 g/mol. The first-order chi connectivity index (χ1) is 7.58. The number of hydrogen-bond donors (Lipinski definition) is 1. The lowest BCUT2D eigenvalue weighted by atomic mass is 9.96. The molecule has 3 heteroatoms. The Kier molecular flexibility index (Phi) is 6.32. The van der Waals surface area contributed by atoms with Gasteiger partial charge in [-0.15, -0.1) is 0 Å². The van der Waals surface area contributed by atoms with Gasteiger partial charge in [-0.25, -0.2) is 0 Å². The second-order valence-corrected chi connectivity index (χ2v) is 5.50. The molecule has 3 nitrogen and oxygen atoms in total. The van der Waals surface area contributed by atoms with E-state index in [2.05, 4.69) is 23.9 Å². The molecule has 1 fully saturated rings. The smallest absolute Gasteiger partial charge is 0.0512 e. The van der Waals surface area contributed by atoms with Crippen LogP contribution in [0.1, 0.15) is 32.6 Å². The summed E-state index contributed by atoms with van der Waals surface area (Å²) < 4.78 is 0. The lowest BCUT2D eigenvalue weighted by Crippen LogP contribution is -2.36. The fraction of sp³-hybridized carbons (Fsp3) is 1.00. The fourth-order valence-corrected chi connectivity index (χ4v) is 2.43. The molecule has 1 aliphatic heterocycles. The van der Waals surface area contributed by atoms with Crippen molar-refractivity contribution >= 4 is 0 Å². The topological polar surface area (TPSA) is 26.7 Å². The van der Waals surface area contributed by atoms with E-state index in [4.69, 9.17) is 0 Å². The highest BCUT2D eigenvalue weighted by Gasteiger charge is 2.17. The van der Waals surface area contributed by atoms with Crippen LogP contribution in [0, 0.1) is 5.92 Å². The zero-order chi connectivity index (χ0) is 12.0. The number of aliphatic hydroxyl groups excluding tert-OH is 1. The Morgan fingerprint density at radius 2 is 2.00 bits per heavy atom. The van der Waals surface area contributed by atoms with E-state index in [9.17, 15) is 5.11 Å². The van der Waals surface area contributed by atoms with E-state index in [0.29, 0.717) is 0 Å². The SMILES string of the molecule is CC(O)CCCN(C)CC1CCN(C)CC1. The van der Waals surface area contributed by atoms with Crippen LogP contribution >= 0.6 is 0 Å². The summed E-state index contributed by atoms with van der Waals surface area (Å²) in [6.07, 6.45) is 4.59. The fourth-order valence-electron chi connectivity index (χ4n) is 2.43. The molecule has 1 saturated heterocycles. The van der Waals surface area contributed by atoms with E-state index < -0.39 is 0 Å². The van der Waals surface area contributed by atoms with Crippen molar-refractivity contribution in [2.24, 2.45) is 5.92 Å². The van der Waals surface area contributed by atoms with Crippen LogP contribution in [0.3, 0.4) is 0 Å². The Bertz CT molecular complexity index is 177. The van der Waals surface area contributed by atoms with Crippen molar-refractivity contribution in [1.82, 2.24) is 9.80 Å². The van der Waals surface area contributed by atoms with Gasteiger partial charge in [0.1, 0.15) is 0 Å². The van der Waals surface area contributed by atoms with Gasteiger partial charge in [-0.1, -0.05) is 0 Å². The standard InChI is InChI=1S/C13H28N2O/c1-12(16)5-4-8-15(3)11-13-6-9-14(2)10-7-13/h12-13,16H,4-11H2,1-3H3. The van der Waals surface area contributed by atoms with E-state index in [1.165, 1.54) is 32.5 Å². The molecule has 0 radical (unpaired) electrons. The zero-order valence-electron chi connectivity index (χ0n) is 11.2. The molecule has 0 aromatic rings. The molecule has 0 aliphatic carbocycles. The van der Waals surface area contributed by atoms with E-state index in [0.717, 1.165) is 25.3 Å². The van der Waals surface area contributed by atoms with Crippen LogP contribution in [-0.4, -0.2) is 61.3 Å². The largest absolute Gasteiger partial charge is 0.393 e. The number of rotatable bonds is 6. The normalized spacial score (nSPS) is 21.6. The van der Waals surface area contributed by atoms with Crippen molar-refractivity contribution in [3.8, 4) is 0 Å². The molecular weight excluding hydrogens is 200 g/mol. The van der Waals surface area contributed by atoms with Gasteiger partial charge in [0.25, 0.3) is 0 Å². The molecule has 0 bridgehead atoms. The quantitative estimate of drug-likeness (QED) is 0.745. The predicted octanol–water partition coefficient (Wildman–Crippen LogP) is 1.42. The third-order valence-corrected chi connectivity index (χ3v) is 3.57. The predicted molar refractivity (Wildman–Crippen MR) is 68.6 cm³/mol. The van der Waals surface area contributed by atoms with Gasteiger partial charge in [-0.05, 0) is 72.3 Å². The minimum Gasteiger partial charge on any atom is -0.393 e. The van der Waals surface area contributed by atoms with Crippen molar-refractivity contribution in [2.45, 2.75) is 38.7 Å². The summed E-state index contributed by atoms with van der Waals surface area (Å²) in [6, 6.07) is 0. The van der Waals surface area contributed by atoms with Crippen LogP contribution in [-0.2, 0) is 0 Å². The van der Waals surface area contributed by atoms with Crippen molar-refractivity contribution < 1.29 is 5.11 Å². The van der Waals surface area contributed by atoms with Crippen LogP contribution in [0.5, 0.6) is 0 Å². The van der Waals surface area contributed by atoms with Crippen LogP contribution < -0.4 is 0 Å². The van der Waals surface area contributed by atoms with Gasteiger partial charge in [0.2, 0.25) is 0 Å². The van der Waals surface area contributed by atoms with Crippen molar-refractivity contribution in [3.05, 3.63) is 0 Å². The maximum Gasteiger partial charge on any atom is 0.0512 e. The lowest BCUT2D eigenvalue weighted by Gasteiger charge is -2.31. The van der Waals surface area contributed by atoms with E-state index in [-0.39, 0.29) is 6.10 Å². The average Bonchev–Trinajstić information content (AvgIpc) is 2.21. The molecule has 0 spiro atoms. The Morgan fingerprint density at radius 1 is 1.38 bits per heavy atom. The Hall–Kier alpha value is -0.120. The number of likely N-dealkylation sites (tertiary alicyclic amines) is 1. The maximum absolute atomic E-state index is 9.19. The van der Waals surface area contributed by atoms with Gasteiger partial charge < -0.3 is 14.9 Å². The highest BCUT2D eigenvalue weighted by atomic mass is 16.3. The summed E-state index contributed by atoms with van der Waals surface area (Å²) >= 11 is 0. The van der Waals surface area contributed by atoms with Crippen LogP contribution in [0.25, 0.3) is 0 Å². The Morgan fingerprint density at radius 3 is 2.56 bits per heavy atom. The number of piperidine rings is 1. The molecule has 0 aromatic carbocycles. The second-order valence-electron chi connectivity index (χ2n) is 5.50. The summed E-state index contributed by atoms with van der Waals surface area (Å²) in [5, 5.41) is 9.19. The van der Waals surface area contributed by atoms with Crippen molar-refractivity contribution in [3.63, 3.8) is 0 Å². The second kappa shape index (κ2) is 7.25. The third kappa shape index (κ3) is 5.83. The number of hydrogen-bond acceptors (Lipinski definition) is 3. The van der Waals surface area contributed by atoms with Gasteiger partial charge in [0.15, 0.2) is 0 Å². The van der Waals surface area contributed by atoms with Crippen LogP contribution in [0.2, 0.25) is 0 Å². The summed E-state index contributed by atoms with van der Waals surface area (Å²) in [5.41, 5.74) is 0. The highest BCUT2D eigenvalue weighted by Crippen LogP contribution is 2.16. The van der Waals surface area contributed by atoms with E-state index in [1.807, 2.05) is 6.92 Å². The minimum atomic E-state index is -0.142. The van der Waals surface area contributed by atoms with Gasteiger partial charge >= 0.3 is 0 Å². The summed E-state index contributed by atoms with van der Waals surface area (Å²) in [4.78, 5) is 4.85. The molecule has 1 rings (SSSR count). The molecule has 1 atom stereocenters. The molecule has 1 heterocycles. The van der Waals surface area contributed by atoms with Gasteiger partial charge in [-0.3, -0.25) is 0 Å². The molecule has 0 aromatic heterocycles. The molecule has 0 amide bonds. The first kappa shape index (κ1) is 13.9. The Labute approximate surface area is 100 Å². The molecule has 0 saturated carbocycles. The van der Waals surface area contributed by atoms with Gasteiger partial charge in [0.05, 0.1) is 6.10 Å². The third-order valence-electron chi connectivity index (χ3n) is 3.57. The first-order valence-electron chi connectivity index (χ1n) is 6.63. The van der Waals surface area contributed by atoms with Gasteiger partial charge in [0, 0.05) is 6.54 Å². The van der Waals surface area contributed by atoms with E-state index in [1.54, 1.807) is 0 Å². The van der Waals surface area contributed by atoms with Crippen LogP contribution in [0.4, 0.5) is 0 Å². The molecule has 1 aliphatic rings. The molecule has 16 heavy (non-hydrogen) atoms. The highest BCUT2D eigenvalue weighted by molar-refractivity contribution is 4.72. The molecule has 1 unspecified atom stereocenters. The number of aliphatic hydroxyl groups is 1. The molecule has 96 valence electrons. The maximum atomic E-state index is 9.19. The lowest BCUT2D eigenvalue weighted by molar-refractivity contribution is 0.158. The Balaban J connectivity index is 2.07. The summed E-state index contributed by atoms with van der Waals surface area (Å²) in [6.45, 7) is 6.74.